The SMILES string of the molecule is CC(C)N(Cc1cn(-c2ccccc2)nn1)C(C)C. The molecule has 1 heterocycles. The van der Waals surface area contributed by atoms with Gasteiger partial charge < -0.3 is 0 Å². The van der Waals surface area contributed by atoms with Crippen LogP contribution in [0.3, 0.4) is 0 Å². The van der Waals surface area contributed by atoms with Crippen LogP contribution in [-0.4, -0.2) is 32.0 Å². The van der Waals surface area contributed by atoms with Gasteiger partial charge in [0, 0.05) is 18.6 Å². The molecule has 0 saturated heterocycles. The molecular formula is C15H22N4. The molecule has 0 aliphatic heterocycles. The molecule has 2 aromatic rings. The summed E-state index contributed by atoms with van der Waals surface area (Å²) >= 11 is 0. The van der Waals surface area contributed by atoms with Crippen LogP contribution in [0.1, 0.15) is 33.4 Å². The molecule has 0 aliphatic rings. The van der Waals surface area contributed by atoms with Crippen LogP contribution in [0.2, 0.25) is 0 Å². The fourth-order valence-electron chi connectivity index (χ4n) is 2.23. The van der Waals surface area contributed by atoms with Crippen molar-refractivity contribution in [2.24, 2.45) is 0 Å². The van der Waals surface area contributed by atoms with Crippen molar-refractivity contribution in [2.75, 3.05) is 0 Å². The standard InChI is InChI=1S/C15H22N4/c1-12(2)18(13(3)4)10-14-11-19(17-16-14)15-8-6-5-7-9-15/h5-9,11-13H,10H2,1-4H3. The minimum absolute atomic E-state index is 0.502. The molecule has 1 aromatic heterocycles. The maximum atomic E-state index is 4.27. The minimum atomic E-state index is 0.502. The fourth-order valence-corrected chi connectivity index (χ4v) is 2.23. The van der Waals surface area contributed by atoms with E-state index in [4.69, 9.17) is 0 Å². The zero-order valence-corrected chi connectivity index (χ0v) is 12.1. The van der Waals surface area contributed by atoms with Crippen LogP contribution in [0.15, 0.2) is 36.5 Å². The van der Waals surface area contributed by atoms with Gasteiger partial charge in [0.05, 0.1) is 17.6 Å². The van der Waals surface area contributed by atoms with Crippen LogP contribution in [0, 0.1) is 0 Å². The molecule has 4 heteroatoms. The first-order valence-electron chi connectivity index (χ1n) is 6.80. The lowest BCUT2D eigenvalue weighted by atomic mass is 10.2. The van der Waals surface area contributed by atoms with E-state index in [1.807, 2.05) is 41.2 Å². The van der Waals surface area contributed by atoms with Crippen molar-refractivity contribution >= 4 is 0 Å². The number of benzene rings is 1. The van der Waals surface area contributed by atoms with Crippen molar-refractivity contribution in [1.29, 1.82) is 0 Å². The maximum absolute atomic E-state index is 4.27. The van der Waals surface area contributed by atoms with Gasteiger partial charge in [-0.25, -0.2) is 4.68 Å². The van der Waals surface area contributed by atoms with Crippen molar-refractivity contribution in [2.45, 2.75) is 46.3 Å². The molecule has 1 aromatic carbocycles. The topological polar surface area (TPSA) is 34.0 Å². The molecule has 0 bridgehead atoms. The molecule has 0 amide bonds. The number of aromatic nitrogens is 3. The molecule has 0 unspecified atom stereocenters. The highest BCUT2D eigenvalue weighted by molar-refractivity contribution is 5.29. The Hall–Kier alpha value is -1.68. The van der Waals surface area contributed by atoms with Crippen molar-refractivity contribution in [1.82, 2.24) is 19.9 Å². The fraction of sp³-hybridized carbons (Fsp3) is 0.467. The Morgan fingerprint density at radius 2 is 1.68 bits per heavy atom. The third-order valence-corrected chi connectivity index (χ3v) is 3.23. The third-order valence-electron chi connectivity index (χ3n) is 3.23. The second kappa shape index (κ2) is 5.97. The molecule has 19 heavy (non-hydrogen) atoms. The molecule has 2 rings (SSSR count). The van der Waals surface area contributed by atoms with Gasteiger partial charge in [-0.3, -0.25) is 4.90 Å². The van der Waals surface area contributed by atoms with E-state index in [1.165, 1.54) is 0 Å². The Balaban J connectivity index is 2.13. The van der Waals surface area contributed by atoms with Crippen LogP contribution in [0.4, 0.5) is 0 Å². The van der Waals surface area contributed by atoms with Gasteiger partial charge in [0.1, 0.15) is 0 Å². The average Bonchev–Trinajstić information content (AvgIpc) is 2.85. The number of para-hydroxylation sites is 1. The Morgan fingerprint density at radius 1 is 1.05 bits per heavy atom. The summed E-state index contributed by atoms with van der Waals surface area (Å²) in [4.78, 5) is 2.40. The largest absolute Gasteiger partial charge is 0.293 e. The molecule has 0 N–H and O–H groups in total. The molecule has 0 aliphatic carbocycles. The number of rotatable bonds is 5. The second-order valence-electron chi connectivity index (χ2n) is 5.35. The van der Waals surface area contributed by atoms with E-state index in [2.05, 4.69) is 42.9 Å². The molecule has 0 saturated carbocycles. The van der Waals surface area contributed by atoms with Gasteiger partial charge in [0.25, 0.3) is 0 Å². The predicted molar refractivity (Wildman–Crippen MR) is 77.2 cm³/mol. The Labute approximate surface area is 115 Å². The van der Waals surface area contributed by atoms with Gasteiger partial charge in [-0.2, -0.15) is 0 Å². The number of hydrogen-bond donors (Lipinski definition) is 0. The summed E-state index contributed by atoms with van der Waals surface area (Å²) in [6.07, 6.45) is 2.01. The lowest BCUT2D eigenvalue weighted by Crippen LogP contribution is -2.36. The van der Waals surface area contributed by atoms with E-state index in [9.17, 15) is 0 Å². The summed E-state index contributed by atoms with van der Waals surface area (Å²) in [6.45, 7) is 9.68. The van der Waals surface area contributed by atoms with Gasteiger partial charge in [-0.15, -0.1) is 5.10 Å². The first-order chi connectivity index (χ1) is 9.08. The first kappa shape index (κ1) is 13.7. The van der Waals surface area contributed by atoms with Crippen molar-refractivity contribution in [3.63, 3.8) is 0 Å². The third kappa shape index (κ3) is 3.41. The van der Waals surface area contributed by atoms with Crippen LogP contribution in [-0.2, 0) is 6.54 Å². The normalized spacial score (nSPS) is 11.7. The van der Waals surface area contributed by atoms with Crippen LogP contribution >= 0.6 is 0 Å². The minimum Gasteiger partial charge on any atom is -0.293 e. The molecule has 4 nitrogen and oxygen atoms in total. The van der Waals surface area contributed by atoms with Crippen LogP contribution in [0.25, 0.3) is 5.69 Å². The zero-order valence-electron chi connectivity index (χ0n) is 12.1. The van der Waals surface area contributed by atoms with Crippen LogP contribution in [0.5, 0.6) is 0 Å². The molecule has 102 valence electrons. The lowest BCUT2D eigenvalue weighted by molar-refractivity contribution is 0.164. The van der Waals surface area contributed by atoms with E-state index in [0.717, 1.165) is 17.9 Å². The molecule has 0 fully saturated rings. The van der Waals surface area contributed by atoms with Gasteiger partial charge in [0.15, 0.2) is 0 Å². The second-order valence-corrected chi connectivity index (χ2v) is 5.35. The summed E-state index contributed by atoms with van der Waals surface area (Å²) in [6, 6.07) is 11.1. The Kier molecular flexibility index (Phi) is 4.32. The van der Waals surface area contributed by atoms with E-state index in [-0.39, 0.29) is 0 Å². The van der Waals surface area contributed by atoms with E-state index in [0.29, 0.717) is 12.1 Å². The molecule has 0 radical (unpaired) electrons. The summed E-state index contributed by atoms with van der Waals surface area (Å²) in [5.74, 6) is 0. The predicted octanol–water partition coefficient (Wildman–Crippen LogP) is 2.89. The summed E-state index contributed by atoms with van der Waals surface area (Å²) in [5, 5.41) is 8.47. The van der Waals surface area contributed by atoms with E-state index < -0.39 is 0 Å². The average molecular weight is 258 g/mol. The smallest absolute Gasteiger partial charge is 0.0972 e. The quantitative estimate of drug-likeness (QED) is 0.827. The van der Waals surface area contributed by atoms with Crippen molar-refractivity contribution in [3.05, 3.63) is 42.2 Å². The monoisotopic (exact) mass is 258 g/mol. The molecule has 0 atom stereocenters. The highest BCUT2D eigenvalue weighted by Crippen LogP contribution is 2.11. The van der Waals surface area contributed by atoms with Gasteiger partial charge in [-0.05, 0) is 39.8 Å². The zero-order chi connectivity index (χ0) is 13.8. The van der Waals surface area contributed by atoms with Crippen LogP contribution < -0.4 is 0 Å². The number of hydrogen-bond acceptors (Lipinski definition) is 3. The maximum Gasteiger partial charge on any atom is 0.0972 e. The Morgan fingerprint density at radius 3 is 2.26 bits per heavy atom. The van der Waals surface area contributed by atoms with Gasteiger partial charge >= 0.3 is 0 Å². The molecule has 0 spiro atoms. The summed E-state index contributed by atoms with van der Waals surface area (Å²) < 4.78 is 1.83. The highest BCUT2D eigenvalue weighted by atomic mass is 15.4. The highest BCUT2D eigenvalue weighted by Gasteiger charge is 2.15. The van der Waals surface area contributed by atoms with Crippen molar-refractivity contribution in [3.8, 4) is 5.69 Å². The molecular weight excluding hydrogens is 236 g/mol. The summed E-state index contributed by atoms with van der Waals surface area (Å²) in [7, 11) is 0. The first-order valence-corrected chi connectivity index (χ1v) is 6.80. The van der Waals surface area contributed by atoms with Gasteiger partial charge in [-0.1, -0.05) is 23.4 Å². The van der Waals surface area contributed by atoms with E-state index >= 15 is 0 Å². The van der Waals surface area contributed by atoms with E-state index in [1.54, 1.807) is 0 Å². The number of nitrogens with zero attached hydrogens (tertiary/aromatic N) is 4. The van der Waals surface area contributed by atoms with Gasteiger partial charge in [0.2, 0.25) is 0 Å². The van der Waals surface area contributed by atoms with Crippen molar-refractivity contribution < 1.29 is 0 Å². The lowest BCUT2D eigenvalue weighted by Gasteiger charge is -2.29. The summed E-state index contributed by atoms with van der Waals surface area (Å²) in [5.41, 5.74) is 2.05. The Bertz CT molecular complexity index is 494.